The van der Waals surface area contributed by atoms with E-state index in [4.69, 9.17) is 10.5 Å². The van der Waals surface area contributed by atoms with E-state index < -0.39 is 23.7 Å². The molecule has 1 saturated carbocycles. The maximum Gasteiger partial charge on any atom is 0.272 e. The highest BCUT2D eigenvalue weighted by molar-refractivity contribution is 5.46. The predicted octanol–water partition coefficient (Wildman–Crippen LogP) is 2.03. The molecule has 5 heteroatoms. The molecule has 82 valence electrons. The maximum atomic E-state index is 13.0. The first-order valence-corrected chi connectivity index (χ1v) is 4.41. The predicted molar refractivity (Wildman–Crippen MR) is 48.4 cm³/mol. The number of hydrogen-bond acceptors (Lipinski definition) is 2. The second-order valence-corrected chi connectivity index (χ2v) is 3.70. The Balaban J connectivity index is 2.48. The van der Waals surface area contributed by atoms with Gasteiger partial charge in [-0.2, -0.15) is 0 Å². The highest BCUT2D eigenvalue weighted by Gasteiger charge is 2.70. The fourth-order valence-electron chi connectivity index (χ4n) is 1.63. The number of rotatable bonds is 2. The molecule has 1 aliphatic carbocycles. The smallest absolute Gasteiger partial charge is 0.272 e. The van der Waals surface area contributed by atoms with Crippen LogP contribution in [-0.4, -0.2) is 13.0 Å². The minimum Gasteiger partial charge on any atom is -0.496 e. The highest BCUT2D eigenvalue weighted by atomic mass is 19.3. The zero-order chi connectivity index (χ0) is 11.3. The van der Waals surface area contributed by atoms with Gasteiger partial charge >= 0.3 is 0 Å². The van der Waals surface area contributed by atoms with Gasteiger partial charge in [-0.3, -0.25) is 0 Å². The molecule has 1 fully saturated rings. The number of hydrogen-bond donors (Lipinski definition) is 1. The molecule has 1 unspecified atom stereocenters. The van der Waals surface area contributed by atoms with Crippen LogP contribution in [0.1, 0.15) is 12.0 Å². The van der Waals surface area contributed by atoms with Gasteiger partial charge in [0.25, 0.3) is 5.92 Å². The van der Waals surface area contributed by atoms with E-state index in [0.29, 0.717) is 0 Å². The van der Waals surface area contributed by atoms with E-state index in [-0.39, 0.29) is 11.3 Å². The van der Waals surface area contributed by atoms with E-state index in [1.807, 2.05) is 0 Å². The van der Waals surface area contributed by atoms with Gasteiger partial charge in [-0.1, -0.05) is 0 Å². The Kier molecular flexibility index (Phi) is 1.98. The molecule has 1 aromatic carbocycles. The Labute approximate surface area is 84.8 Å². The summed E-state index contributed by atoms with van der Waals surface area (Å²) in [6.07, 6.45) is -0.472. The molecular weight excluding hydrogens is 207 g/mol. The Morgan fingerprint density at radius 2 is 2.00 bits per heavy atom. The molecule has 0 saturated heterocycles. The van der Waals surface area contributed by atoms with Crippen LogP contribution in [0.5, 0.6) is 5.75 Å². The fourth-order valence-corrected chi connectivity index (χ4v) is 1.63. The average Bonchev–Trinajstić information content (AvgIpc) is 2.67. The topological polar surface area (TPSA) is 35.2 Å². The lowest BCUT2D eigenvalue weighted by atomic mass is 10.0. The van der Waals surface area contributed by atoms with Gasteiger partial charge in [0.05, 0.1) is 7.11 Å². The Bertz CT molecular complexity index is 408. The maximum absolute atomic E-state index is 13.0. The fraction of sp³-hybridized carbons (Fsp3) is 0.400. The zero-order valence-corrected chi connectivity index (χ0v) is 8.06. The summed E-state index contributed by atoms with van der Waals surface area (Å²) >= 11 is 0. The first-order chi connectivity index (χ1) is 6.90. The molecule has 15 heavy (non-hydrogen) atoms. The van der Waals surface area contributed by atoms with E-state index in [9.17, 15) is 13.2 Å². The molecule has 2 N–H and O–H groups in total. The lowest BCUT2D eigenvalue weighted by molar-refractivity contribution is 0.0883. The van der Waals surface area contributed by atoms with Gasteiger partial charge in [-0.05, 0) is 18.2 Å². The number of halogens is 3. The SMILES string of the molecule is COc1ccc(F)cc1C1(N)CC1(F)F. The van der Waals surface area contributed by atoms with Crippen LogP contribution < -0.4 is 10.5 Å². The number of ether oxygens (including phenoxy) is 1. The van der Waals surface area contributed by atoms with Gasteiger partial charge in [-0.15, -0.1) is 0 Å². The van der Waals surface area contributed by atoms with E-state index in [1.54, 1.807) is 0 Å². The number of methoxy groups -OCH3 is 1. The summed E-state index contributed by atoms with van der Waals surface area (Å²) in [5, 5.41) is 0. The molecule has 0 aliphatic heterocycles. The minimum absolute atomic E-state index is 0.0231. The molecule has 0 amide bonds. The van der Waals surface area contributed by atoms with Crippen LogP contribution in [0, 0.1) is 5.82 Å². The molecule has 2 nitrogen and oxygen atoms in total. The number of nitrogens with two attached hydrogens (primary N) is 1. The second-order valence-electron chi connectivity index (χ2n) is 3.70. The summed E-state index contributed by atoms with van der Waals surface area (Å²) in [7, 11) is 1.33. The summed E-state index contributed by atoms with van der Waals surface area (Å²) in [4.78, 5) is 0. The molecule has 0 aromatic heterocycles. The molecule has 0 bridgehead atoms. The van der Waals surface area contributed by atoms with Crippen LogP contribution in [-0.2, 0) is 5.54 Å². The number of alkyl halides is 2. The lowest BCUT2D eigenvalue weighted by Gasteiger charge is -2.14. The molecule has 2 rings (SSSR count). The van der Waals surface area contributed by atoms with Gasteiger partial charge in [0.15, 0.2) is 0 Å². The van der Waals surface area contributed by atoms with Gasteiger partial charge in [0.2, 0.25) is 0 Å². The molecule has 0 radical (unpaired) electrons. The van der Waals surface area contributed by atoms with Crippen molar-refractivity contribution in [2.24, 2.45) is 5.73 Å². The molecule has 0 spiro atoms. The van der Waals surface area contributed by atoms with Gasteiger partial charge in [0, 0.05) is 12.0 Å². The van der Waals surface area contributed by atoms with Crippen molar-refractivity contribution in [1.29, 1.82) is 0 Å². The minimum atomic E-state index is -2.98. The van der Waals surface area contributed by atoms with Crippen LogP contribution >= 0.6 is 0 Å². The monoisotopic (exact) mass is 217 g/mol. The van der Waals surface area contributed by atoms with Crippen molar-refractivity contribution >= 4 is 0 Å². The summed E-state index contributed by atoms with van der Waals surface area (Å²) in [6, 6.07) is 3.44. The summed E-state index contributed by atoms with van der Waals surface area (Å²) in [6.45, 7) is 0. The van der Waals surface area contributed by atoms with Crippen LogP contribution in [0.4, 0.5) is 13.2 Å². The van der Waals surface area contributed by atoms with E-state index in [2.05, 4.69) is 0 Å². The lowest BCUT2D eigenvalue weighted by Crippen LogP contribution is -2.27. The summed E-state index contributed by atoms with van der Waals surface area (Å²) in [5.74, 6) is -3.39. The van der Waals surface area contributed by atoms with Crippen molar-refractivity contribution in [2.75, 3.05) is 7.11 Å². The van der Waals surface area contributed by atoms with Crippen LogP contribution in [0.15, 0.2) is 18.2 Å². The molecule has 1 atom stereocenters. The van der Waals surface area contributed by atoms with Crippen molar-refractivity contribution in [3.63, 3.8) is 0 Å². The third-order valence-corrected chi connectivity index (χ3v) is 2.67. The summed E-state index contributed by atoms with van der Waals surface area (Å²) < 4.78 is 43.8. The quantitative estimate of drug-likeness (QED) is 0.822. The van der Waals surface area contributed by atoms with E-state index in [0.717, 1.165) is 12.1 Å². The van der Waals surface area contributed by atoms with Gasteiger partial charge in [0.1, 0.15) is 17.1 Å². The Morgan fingerprint density at radius 1 is 1.40 bits per heavy atom. The van der Waals surface area contributed by atoms with Crippen molar-refractivity contribution in [3.8, 4) is 5.75 Å². The van der Waals surface area contributed by atoms with Crippen molar-refractivity contribution in [1.82, 2.24) is 0 Å². The molecular formula is C10H10F3NO. The largest absolute Gasteiger partial charge is 0.496 e. The van der Waals surface area contributed by atoms with Crippen LogP contribution in [0.25, 0.3) is 0 Å². The van der Waals surface area contributed by atoms with Gasteiger partial charge in [-0.25, -0.2) is 13.2 Å². The highest BCUT2D eigenvalue weighted by Crippen LogP contribution is 2.59. The molecule has 1 aliphatic rings. The third-order valence-electron chi connectivity index (χ3n) is 2.67. The average molecular weight is 217 g/mol. The van der Waals surface area contributed by atoms with Crippen LogP contribution in [0.3, 0.4) is 0 Å². The van der Waals surface area contributed by atoms with E-state index >= 15 is 0 Å². The molecule has 0 heterocycles. The normalized spacial score (nSPS) is 27.5. The summed E-state index contributed by atoms with van der Waals surface area (Å²) in [5.41, 5.74) is 3.74. The van der Waals surface area contributed by atoms with Crippen LogP contribution in [0.2, 0.25) is 0 Å². The molecule has 1 aromatic rings. The zero-order valence-electron chi connectivity index (χ0n) is 8.06. The van der Waals surface area contributed by atoms with E-state index in [1.165, 1.54) is 13.2 Å². The Morgan fingerprint density at radius 3 is 2.47 bits per heavy atom. The van der Waals surface area contributed by atoms with Gasteiger partial charge < -0.3 is 10.5 Å². The standard InChI is InChI=1S/C10H10F3NO/c1-15-8-3-2-6(11)4-7(8)9(14)5-10(9,12)13/h2-4H,5,14H2,1H3. The Hall–Kier alpha value is -1.23. The van der Waals surface area contributed by atoms with Crippen molar-refractivity contribution in [3.05, 3.63) is 29.6 Å². The third kappa shape index (κ3) is 1.38. The first kappa shape index (κ1) is 10.3. The first-order valence-electron chi connectivity index (χ1n) is 4.41. The van der Waals surface area contributed by atoms with Crippen molar-refractivity contribution in [2.45, 2.75) is 17.9 Å². The van der Waals surface area contributed by atoms with Crippen molar-refractivity contribution < 1.29 is 17.9 Å². The second kappa shape index (κ2) is 2.88. The number of benzene rings is 1.